The Morgan fingerprint density at radius 1 is 1.00 bits per heavy atom. The van der Waals surface area contributed by atoms with Gasteiger partial charge in [0.1, 0.15) is 5.52 Å². The number of fused-ring (bicyclic) bond motifs is 2. The highest BCUT2D eigenvalue weighted by molar-refractivity contribution is 6.33. The molecule has 4 heteroatoms. The van der Waals surface area contributed by atoms with E-state index in [1.807, 2.05) is 45.0 Å². The Bertz CT molecular complexity index is 741. The van der Waals surface area contributed by atoms with Gasteiger partial charge in [-0.15, -0.1) is 0 Å². The highest BCUT2D eigenvalue weighted by Gasteiger charge is 2.11. The number of halogens is 1. The number of phenolic OH excluding ortho intramolecular Hbond substituents is 1. The van der Waals surface area contributed by atoms with Gasteiger partial charge in [-0.25, -0.2) is 9.97 Å². The van der Waals surface area contributed by atoms with Crippen LogP contribution in [0, 0.1) is 6.92 Å². The summed E-state index contributed by atoms with van der Waals surface area (Å²) in [6.07, 6.45) is 0. The lowest BCUT2D eigenvalue weighted by Gasteiger charge is -2.06. The first-order valence-electron chi connectivity index (χ1n) is 6.21. The maximum Gasteiger partial charge on any atom is 0.162 e. The van der Waals surface area contributed by atoms with Gasteiger partial charge in [-0.05, 0) is 30.7 Å². The summed E-state index contributed by atoms with van der Waals surface area (Å²) in [4.78, 5) is 8.90. The molecule has 3 rings (SSSR count). The molecule has 0 atom stereocenters. The highest BCUT2D eigenvalue weighted by atomic mass is 35.5. The van der Waals surface area contributed by atoms with Crippen LogP contribution in [0.5, 0.6) is 5.75 Å². The van der Waals surface area contributed by atoms with E-state index in [1.165, 1.54) is 0 Å². The van der Waals surface area contributed by atoms with Gasteiger partial charge in [-0.1, -0.05) is 37.6 Å². The number of aromatic nitrogens is 2. The Labute approximate surface area is 116 Å². The normalized spacial score (nSPS) is 10.3. The Kier molecular flexibility index (Phi) is 3.86. The minimum atomic E-state index is -0.00878. The third-order valence-corrected chi connectivity index (χ3v) is 3.03. The van der Waals surface area contributed by atoms with E-state index in [0.717, 1.165) is 16.6 Å². The molecule has 98 valence electrons. The van der Waals surface area contributed by atoms with E-state index < -0.39 is 0 Å². The number of aryl methyl sites for hydroxylation is 1. The summed E-state index contributed by atoms with van der Waals surface area (Å²) in [5, 5.41) is 10.2. The molecule has 0 aliphatic carbocycles. The molecule has 0 saturated heterocycles. The molecule has 1 heterocycles. The van der Waals surface area contributed by atoms with Crippen molar-refractivity contribution in [3.8, 4) is 5.75 Å². The molecular formula is C15H15ClN2O. The van der Waals surface area contributed by atoms with Crippen LogP contribution in [0.1, 0.15) is 19.4 Å². The maximum absolute atomic E-state index is 9.91. The zero-order valence-electron chi connectivity index (χ0n) is 11.1. The van der Waals surface area contributed by atoms with Gasteiger partial charge in [0, 0.05) is 0 Å². The molecule has 3 nitrogen and oxygen atoms in total. The first-order valence-corrected chi connectivity index (χ1v) is 6.59. The molecule has 0 spiro atoms. The molecule has 1 N–H and O–H groups in total. The first-order chi connectivity index (χ1) is 9.16. The van der Waals surface area contributed by atoms with Crippen molar-refractivity contribution in [1.29, 1.82) is 0 Å². The van der Waals surface area contributed by atoms with Crippen LogP contribution in [-0.4, -0.2) is 15.1 Å². The summed E-state index contributed by atoms with van der Waals surface area (Å²) in [6.45, 7) is 5.90. The molecule has 0 fully saturated rings. The summed E-state index contributed by atoms with van der Waals surface area (Å²) in [6, 6.07) is 9.25. The average molecular weight is 275 g/mol. The van der Waals surface area contributed by atoms with Gasteiger partial charge >= 0.3 is 0 Å². The lowest BCUT2D eigenvalue weighted by Crippen LogP contribution is -1.90. The second-order valence-electron chi connectivity index (χ2n) is 3.93. The Balaban J connectivity index is 0.000000637. The van der Waals surface area contributed by atoms with Gasteiger partial charge < -0.3 is 5.11 Å². The number of nitrogens with zero attached hydrogens (tertiary/aromatic N) is 2. The second-order valence-corrected chi connectivity index (χ2v) is 4.34. The van der Waals surface area contributed by atoms with Crippen molar-refractivity contribution >= 4 is 33.7 Å². The predicted molar refractivity (Wildman–Crippen MR) is 79.8 cm³/mol. The molecule has 3 aromatic rings. The fraction of sp³-hybridized carbons (Fsp3) is 0.200. The van der Waals surface area contributed by atoms with Crippen molar-refractivity contribution in [1.82, 2.24) is 9.97 Å². The van der Waals surface area contributed by atoms with Crippen LogP contribution < -0.4 is 0 Å². The number of aromatic hydroxyl groups is 1. The number of rotatable bonds is 0. The van der Waals surface area contributed by atoms with Crippen LogP contribution in [0.15, 0.2) is 30.3 Å². The largest absolute Gasteiger partial charge is 0.504 e. The minimum absolute atomic E-state index is 0.00878. The molecule has 1 aromatic heterocycles. The second kappa shape index (κ2) is 5.41. The molecule has 0 bridgehead atoms. The zero-order chi connectivity index (χ0) is 14.0. The molecular weight excluding hydrogens is 260 g/mol. The molecule has 2 aromatic carbocycles. The molecule has 0 aliphatic rings. The monoisotopic (exact) mass is 274 g/mol. The molecule has 0 saturated carbocycles. The summed E-state index contributed by atoms with van der Waals surface area (Å²) >= 11 is 5.93. The van der Waals surface area contributed by atoms with Gasteiger partial charge in [0.05, 0.1) is 21.6 Å². The number of hydrogen-bond donors (Lipinski definition) is 1. The van der Waals surface area contributed by atoms with Gasteiger partial charge in [0.2, 0.25) is 0 Å². The molecule has 0 amide bonds. The minimum Gasteiger partial charge on any atom is -0.504 e. The van der Waals surface area contributed by atoms with E-state index in [9.17, 15) is 5.11 Å². The van der Waals surface area contributed by atoms with Gasteiger partial charge in [0.25, 0.3) is 0 Å². The van der Waals surface area contributed by atoms with Gasteiger partial charge in [0.15, 0.2) is 5.75 Å². The summed E-state index contributed by atoms with van der Waals surface area (Å²) in [5.74, 6) is -0.00878. The van der Waals surface area contributed by atoms with Crippen LogP contribution in [0.4, 0.5) is 0 Å². The molecule has 19 heavy (non-hydrogen) atoms. The lowest BCUT2D eigenvalue weighted by molar-refractivity contribution is 0.480. The Morgan fingerprint density at radius 2 is 1.53 bits per heavy atom. The summed E-state index contributed by atoms with van der Waals surface area (Å²) in [7, 11) is 0. The van der Waals surface area contributed by atoms with Crippen LogP contribution in [0.2, 0.25) is 5.02 Å². The number of benzene rings is 2. The average Bonchev–Trinajstić information content (AvgIpc) is 2.45. The Morgan fingerprint density at radius 3 is 2.11 bits per heavy atom. The van der Waals surface area contributed by atoms with Crippen LogP contribution in [-0.2, 0) is 0 Å². The SMILES string of the molecule is CC.Cc1cc(Cl)c(O)c2nc3ccccc3nc12. The van der Waals surface area contributed by atoms with Gasteiger partial charge in [-0.3, -0.25) is 0 Å². The Hall–Kier alpha value is -1.87. The van der Waals surface area contributed by atoms with E-state index >= 15 is 0 Å². The topological polar surface area (TPSA) is 46.0 Å². The van der Waals surface area contributed by atoms with Crippen molar-refractivity contribution < 1.29 is 5.11 Å². The van der Waals surface area contributed by atoms with E-state index in [0.29, 0.717) is 16.1 Å². The van der Waals surface area contributed by atoms with Crippen LogP contribution in [0.25, 0.3) is 22.1 Å². The van der Waals surface area contributed by atoms with E-state index in [2.05, 4.69) is 9.97 Å². The maximum atomic E-state index is 9.91. The van der Waals surface area contributed by atoms with Crippen molar-refractivity contribution in [2.75, 3.05) is 0 Å². The van der Waals surface area contributed by atoms with Crippen molar-refractivity contribution in [3.63, 3.8) is 0 Å². The van der Waals surface area contributed by atoms with Crippen LogP contribution >= 0.6 is 11.6 Å². The molecule has 0 aliphatic heterocycles. The summed E-state index contributed by atoms with van der Waals surface area (Å²) < 4.78 is 0. The molecule has 0 unspecified atom stereocenters. The summed E-state index contributed by atoms with van der Waals surface area (Å²) in [5.41, 5.74) is 3.60. The van der Waals surface area contributed by atoms with Crippen molar-refractivity contribution in [2.45, 2.75) is 20.8 Å². The number of hydrogen-bond acceptors (Lipinski definition) is 3. The molecule has 0 radical (unpaired) electrons. The number of phenols is 1. The smallest absolute Gasteiger partial charge is 0.162 e. The fourth-order valence-corrected chi connectivity index (χ4v) is 2.13. The van der Waals surface area contributed by atoms with Gasteiger partial charge in [-0.2, -0.15) is 0 Å². The highest BCUT2D eigenvalue weighted by Crippen LogP contribution is 2.33. The van der Waals surface area contributed by atoms with Crippen molar-refractivity contribution in [2.24, 2.45) is 0 Å². The van der Waals surface area contributed by atoms with E-state index in [4.69, 9.17) is 11.6 Å². The third-order valence-electron chi connectivity index (χ3n) is 2.74. The van der Waals surface area contributed by atoms with E-state index in [1.54, 1.807) is 6.07 Å². The first kappa shape index (κ1) is 13.6. The zero-order valence-corrected chi connectivity index (χ0v) is 11.9. The van der Waals surface area contributed by atoms with Crippen molar-refractivity contribution in [3.05, 3.63) is 40.9 Å². The van der Waals surface area contributed by atoms with Crippen LogP contribution in [0.3, 0.4) is 0 Å². The quantitative estimate of drug-likeness (QED) is 0.615. The standard InChI is InChI=1S/C13H9ClN2O.C2H6/c1-7-6-8(14)13(17)12-11(7)15-9-4-2-3-5-10(9)16-12;1-2/h2-6,17H,1H3;1-2H3. The van der Waals surface area contributed by atoms with E-state index in [-0.39, 0.29) is 5.75 Å². The fourth-order valence-electron chi connectivity index (χ4n) is 1.88. The predicted octanol–water partition coefficient (Wildman–Crippen LogP) is 4.48. The third kappa shape index (κ3) is 2.34. The number of para-hydroxylation sites is 2. The lowest BCUT2D eigenvalue weighted by atomic mass is 10.1.